The van der Waals surface area contributed by atoms with Crippen LogP contribution in [-0.4, -0.2) is 38.5 Å². The Bertz CT molecular complexity index is 569. The molecule has 7 heteroatoms. The number of nitrogens with zero attached hydrogens (tertiary/aromatic N) is 1. The molecule has 0 unspecified atom stereocenters. The lowest BCUT2D eigenvalue weighted by atomic mass is 10.1. The predicted octanol–water partition coefficient (Wildman–Crippen LogP) is 1.60. The van der Waals surface area contributed by atoms with Crippen LogP contribution in [0.4, 0.5) is 10.1 Å². The third-order valence-corrected chi connectivity index (χ3v) is 5.29. The summed E-state index contributed by atoms with van der Waals surface area (Å²) in [6.45, 7) is 3.19. The van der Waals surface area contributed by atoms with Crippen LogP contribution >= 0.6 is 0 Å². The Morgan fingerprint density at radius 1 is 1.40 bits per heavy atom. The van der Waals surface area contributed by atoms with Crippen LogP contribution in [0, 0.1) is 5.82 Å². The summed E-state index contributed by atoms with van der Waals surface area (Å²) in [7, 11) is -3.83. The van der Waals surface area contributed by atoms with Gasteiger partial charge in [-0.25, -0.2) is 12.8 Å². The summed E-state index contributed by atoms with van der Waals surface area (Å²) >= 11 is 0. The predicted molar refractivity (Wildman–Crippen MR) is 74.2 cm³/mol. The van der Waals surface area contributed by atoms with E-state index in [0.717, 1.165) is 6.07 Å². The molecule has 0 amide bonds. The fourth-order valence-corrected chi connectivity index (χ4v) is 3.90. The van der Waals surface area contributed by atoms with E-state index in [9.17, 15) is 12.8 Å². The SMILES string of the molecule is CCOC1CCN(S(=O)(=O)c2cc(N)ccc2F)CC1. The number of sulfonamides is 1. The first-order valence-electron chi connectivity index (χ1n) is 6.62. The van der Waals surface area contributed by atoms with Gasteiger partial charge in [-0.1, -0.05) is 0 Å². The Kier molecular flexibility index (Phi) is 4.62. The first kappa shape index (κ1) is 15.2. The summed E-state index contributed by atoms with van der Waals surface area (Å²) in [5, 5.41) is 0. The summed E-state index contributed by atoms with van der Waals surface area (Å²) in [4.78, 5) is -0.354. The zero-order valence-electron chi connectivity index (χ0n) is 11.4. The summed E-state index contributed by atoms with van der Waals surface area (Å²) in [6.07, 6.45) is 1.32. The molecule has 0 saturated carbocycles. The Hall–Kier alpha value is -1.18. The highest BCUT2D eigenvalue weighted by molar-refractivity contribution is 7.89. The van der Waals surface area contributed by atoms with Crippen LogP contribution in [0.1, 0.15) is 19.8 Å². The fourth-order valence-electron chi connectivity index (χ4n) is 2.33. The molecule has 0 aliphatic carbocycles. The molecule has 0 bridgehead atoms. The number of ether oxygens (including phenoxy) is 1. The van der Waals surface area contributed by atoms with Crippen LogP contribution in [0.2, 0.25) is 0 Å². The van der Waals surface area contributed by atoms with E-state index >= 15 is 0 Å². The molecule has 1 heterocycles. The third-order valence-electron chi connectivity index (χ3n) is 3.38. The number of halogens is 1. The number of rotatable bonds is 4. The maximum absolute atomic E-state index is 13.7. The van der Waals surface area contributed by atoms with Gasteiger partial charge in [0.1, 0.15) is 10.7 Å². The molecular weight excluding hydrogens is 283 g/mol. The lowest BCUT2D eigenvalue weighted by Crippen LogP contribution is -2.41. The Morgan fingerprint density at radius 3 is 2.65 bits per heavy atom. The molecule has 112 valence electrons. The summed E-state index contributed by atoms with van der Waals surface area (Å²) in [5.41, 5.74) is 5.78. The van der Waals surface area contributed by atoms with Crippen LogP contribution in [0.15, 0.2) is 23.1 Å². The molecule has 1 fully saturated rings. The normalized spacial score (nSPS) is 18.3. The van der Waals surface area contributed by atoms with Gasteiger partial charge in [0.15, 0.2) is 0 Å². The van der Waals surface area contributed by atoms with Crippen LogP contribution in [0.5, 0.6) is 0 Å². The van der Waals surface area contributed by atoms with E-state index < -0.39 is 15.8 Å². The molecule has 0 radical (unpaired) electrons. The summed E-state index contributed by atoms with van der Waals surface area (Å²) < 4.78 is 45.3. The molecule has 2 N–H and O–H groups in total. The number of benzene rings is 1. The topological polar surface area (TPSA) is 72.6 Å². The monoisotopic (exact) mass is 302 g/mol. The summed E-state index contributed by atoms with van der Waals surface area (Å²) in [5.74, 6) is -0.772. The third kappa shape index (κ3) is 3.11. The molecule has 1 aliphatic heterocycles. The number of hydrogen-bond donors (Lipinski definition) is 1. The van der Waals surface area contributed by atoms with Crippen LogP contribution in [-0.2, 0) is 14.8 Å². The van der Waals surface area contributed by atoms with Crippen molar-refractivity contribution in [3.63, 3.8) is 0 Å². The largest absolute Gasteiger partial charge is 0.399 e. The van der Waals surface area contributed by atoms with E-state index in [1.807, 2.05) is 6.92 Å². The zero-order valence-corrected chi connectivity index (χ0v) is 12.2. The van der Waals surface area contributed by atoms with E-state index in [2.05, 4.69) is 0 Å². The minimum Gasteiger partial charge on any atom is -0.399 e. The molecule has 2 rings (SSSR count). The molecule has 5 nitrogen and oxygen atoms in total. The van der Waals surface area contributed by atoms with Gasteiger partial charge in [0.25, 0.3) is 0 Å². The van der Waals surface area contributed by atoms with Gasteiger partial charge >= 0.3 is 0 Å². The number of nitrogens with two attached hydrogens (primary N) is 1. The van der Waals surface area contributed by atoms with Crippen molar-refractivity contribution in [3.05, 3.63) is 24.0 Å². The Labute approximate surface area is 118 Å². The quantitative estimate of drug-likeness (QED) is 0.857. The number of piperidine rings is 1. The lowest BCUT2D eigenvalue weighted by Gasteiger charge is -2.31. The van der Waals surface area contributed by atoms with E-state index in [0.29, 0.717) is 32.5 Å². The van der Waals surface area contributed by atoms with E-state index in [4.69, 9.17) is 10.5 Å². The molecule has 20 heavy (non-hydrogen) atoms. The lowest BCUT2D eigenvalue weighted by molar-refractivity contribution is 0.0290. The second kappa shape index (κ2) is 6.07. The van der Waals surface area contributed by atoms with Gasteiger partial charge in [-0.05, 0) is 38.0 Å². The molecule has 1 aromatic carbocycles. The molecular formula is C13H19FN2O3S. The average Bonchev–Trinajstić information content (AvgIpc) is 2.42. The molecule has 0 spiro atoms. The van der Waals surface area contributed by atoms with Crippen LogP contribution in [0.3, 0.4) is 0 Å². The van der Waals surface area contributed by atoms with Gasteiger partial charge in [0.2, 0.25) is 10.0 Å². The molecule has 1 aromatic rings. The first-order chi connectivity index (χ1) is 9.45. The van der Waals surface area contributed by atoms with Crippen LogP contribution in [0.25, 0.3) is 0 Å². The van der Waals surface area contributed by atoms with E-state index in [1.165, 1.54) is 16.4 Å². The Balaban J connectivity index is 2.18. The van der Waals surface area contributed by atoms with E-state index in [1.54, 1.807) is 0 Å². The van der Waals surface area contributed by atoms with Crippen molar-refractivity contribution in [2.45, 2.75) is 30.8 Å². The van der Waals surface area contributed by atoms with Crippen molar-refractivity contribution < 1.29 is 17.5 Å². The van der Waals surface area contributed by atoms with Gasteiger partial charge in [-0.15, -0.1) is 0 Å². The van der Waals surface area contributed by atoms with Crippen LogP contribution < -0.4 is 5.73 Å². The second-order valence-electron chi connectivity index (χ2n) is 4.75. The van der Waals surface area contributed by atoms with Gasteiger partial charge in [-0.3, -0.25) is 0 Å². The standard InChI is InChI=1S/C13H19FN2O3S/c1-2-19-11-5-7-16(8-6-11)20(17,18)13-9-10(15)3-4-12(13)14/h3-4,9,11H,2,5-8,15H2,1H3. The van der Waals surface area contributed by atoms with Crippen molar-refractivity contribution in [1.82, 2.24) is 4.31 Å². The number of anilines is 1. The average molecular weight is 302 g/mol. The number of hydrogen-bond acceptors (Lipinski definition) is 4. The first-order valence-corrected chi connectivity index (χ1v) is 8.06. The minimum atomic E-state index is -3.83. The molecule has 0 atom stereocenters. The maximum Gasteiger partial charge on any atom is 0.246 e. The van der Waals surface area contributed by atoms with Gasteiger partial charge in [-0.2, -0.15) is 4.31 Å². The highest BCUT2D eigenvalue weighted by Gasteiger charge is 2.31. The second-order valence-corrected chi connectivity index (χ2v) is 6.66. The highest BCUT2D eigenvalue weighted by atomic mass is 32.2. The summed E-state index contributed by atoms with van der Waals surface area (Å²) in [6, 6.07) is 3.59. The fraction of sp³-hybridized carbons (Fsp3) is 0.538. The van der Waals surface area contributed by atoms with Crippen molar-refractivity contribution in [3.8, 4) is 0 Å². The van der Waals surface area contributed by atoms with Gasteiger partial charge in [0, 0.05) is 25.4 Å². The maximum atomic E-state index is 13.7. The van der Waals surface area contributed by atoms with E-state index in [-0.39, 0.29) is 16.7 Å². The van der Waals surface area contributed by atoms with Crippen molar-refractivity contribution >= 4 is 15.7 Å². The van der Waals surface area contributed by atoms with Crippen molar-refractivity contribution in [2.75, 3.05) is 25.4 Å². The number of nitrogen functional groups attached to an aromatic ring is 1. The minimum absolute atomic E-state index is 0.0807. The van der Waals surface area contributed by atoms with Crippen molar-refractivity contribution in [1.29, 1.82) is 0 Å². The molecule has 1 aliphatic rings. The van der Waals surface area contributed by atoms with Gasteiger partial charge < -0.3 is 10.5 Å². The molecule has 1 saturated heterocycles. The highest BCUT2D eigenvalue weighted by Crippen LogP contribution is 2.25. The zero-order chi connectivity index (χ0) is 14.8. The smallest absolute Gasteiger partial charge is 0.246 e. The molecule has 0 aromatic heterocycles. The van der Waals surface area contributed by atoms with Crippen molar-refractivity contribution in [2.24, 2.45) is 0 Å². The Morgan fingerprint density at radius 2 is 2.05 bits per heavy atom. The van der Waals surface area contributed by atoms with Gasteiger partial charge in [0.05, 0.1) is 6.10 Å².